The van der Waals surface area contributed by atoms with Crippen molar-refractivity contribution in [3.05, 3.63) is 231 Å². The van der Waals surface area contributed by atoms with E-state index in [1.807, 2.05) is 22.7 Å². The first kappa shape index (κ1) is 38.6. The van der Waals surface area contributed by atoms with Gasteiger partial charge in [0.15, 0.2) is 0 Å². The molecule has 0 spiro atoms. The number of para-hydroxylation sites is 4. The van der Waals surface area contributed by atoms with Crippen LogP contribution in [0.5, 0.6) is 0 Å². The van der Waals surface area contributed by atoms with E-state index in [1.54, 1.807) is 0 Å². The summed E-state index contributed by atoms with van der Waals surface area (Å²) >= 11 is 3.71. The third kappa shape index (κ3) is 5.85. The zero-order valence-electron chi connectivity index (χ0n) is 37.1. The van der Waals surface area contributed by atoms with Gasteiger partial charge in [-0.05, 0) is 119 Å². The molecule has 0 saturated heterocycles. The third-order valence-corrected chi connectivity index (χ3v) is 16.6. The van der Waals surface area contributed by atoms with Gasteiger partial charge in [-0.25, -0.2) is 0 Å². The summed E-state index contributed by atoms with van der Waals surface area (Å²) in [5, 5.41) is 9.75. The first-order valence-corrected chi connectivity index (χ1v) is 25.0. The second-order valence-electron chi connectivity index (χ2n) is 18.0. The Morgan fingerprint density at radius 1 is 0.275 bits per heavy atom. The molecule has 0 aliphatic carbocycles. The maximum atomic E-state index is 6.92. The zero-order valence-corrected chi connectivity index (χ0v) is 38.7. The van der Waals surface area contributed by atoms with Crippen LogP contribution in [0.15, 0.2) is 235 Å². The first-order valence-electron chi connectivity index (χ1n) is 23.4. The van der Waals surface area contributed by atoms with Crippen LogP contribution >= 0.6 is 22.7 Å². The van der Waals surface area contributed by atoms with Crippen molar-refractivity contribution in [2.75, 3.05) is 0 Å². The van der Waals surface area contributed by atoms with Crippen molar-refractivity contribution in [2.45, 2.75) is 0 Å². The van der Waals surface area contributed by atoms with Crippen molar-refractivity contribution in [1.29, 1.82) is 0 Å². The van der Waals surface area contributed by atoms with Crippen LogP contribution in [-0.4, -0.2) is 9.13 Å². The summed E-state index contributed by atoms with van der Waals surface area (Å²) in [6, 6.07) is 84.2. The van der Waals surface area contributed by atoms with Crippen molar-refractivity contribution in [3.63, 3.8) is 0 Å². The largest absolute Gasteiger partial charge is 0.456 e. The van der Waals surface area contributed by atoms with Gasteiger partial charge in [0.1, 0.15) is 11.2 Å². The molecular weight excluding hydrogens is 877 g/mol. The summed E-state index contributed by atoms with van der Waals surface area (Å²) in [6.07, 6.45) is 0. The fourth-order valence-corrected chi connectivity index (χ4v) is 13.5. The number of hydrogen-bond acceptors (Lipinski definition) is 3. The van der Waals surface area contributed by atoms with Gasteiger partial charge in [0.05, 0.1) is 22.1 Å². The quantitative estimate of drug-likeness (QED) is 0.163. The van der Waals surface area contributed by atoms with E-state index in [4.69, 9.17) is 4.42 Å². The molecule has 15 rings (SSSR count). The molecule has 0 aliphatic rings. The number of hydrogen-bond donors (Lipinski definition) is 0. The molecule has 5 heteroatoms. The molecule has 5 aromatic heterocycles. The Labute approximate surface area is 404 Å². The molecule has 0 fully saturated rings. The Bertz CT molecular complexity index is 4250. The lowest BCUT2D eigenvalue weighted by Gasteiger charge is -2.09. The molecule has 15 aromatic rings. The zero-order chi connectivity index (χ0) is 45.2. The fourth-order valence-electron chi connectivity index (χ4n) is 11.1. The van der Waals surface area contributed by atoms with E-state index in [0.717, 1.165) is 44.4 Å². The number of benzene rings is 10. The van der Waals surface area contributed by atoms with Gasteiger partial charge in [-0.15, -0.1) is 22.7 Å². The maximum absolute atomic E-state index is 6.92. The lowest BCUT2D eigenvalue weighted by atomic mass is 9.96. The Hall–Kier alpha value is -8.48. The number of fused-ring (bicyclic) bond motifs is 11. The normalized spacial score (nSPS) is 12.1. The maximum Gasteiger partial charge on any atom is 0.136 e. The summed E-state index contributed by atoms with van der Waals surface area (Å²) in [7, 11) is 0. The molecule has 0 aliphatic heterocycles. The SMILES string of the molecule is c1ccc(-n2c3ccccc3c3cc(-c4c(-c5ccc6c(c5)oc5cc(-c7sc8ccccc8c7-c7ccc8c(c7)c7ccccc7n8-c7ccccc7)ccc56)sc5ccccc45)ccc32)cc1. The number of nitrogens with zero attached hydrogens (tertiary/aromatic N) is 2. The van der Waals surface area contributed by atoms with E-state index in [9.17, 15) is 0 Å². The van der Waals surface area contributed by atoms with E-state index < -0.39 is 0 Å². The van der Waals surface area contributed by atoms with Crippen LogP contribution in [0.4, 0.5) is 0 Å². The monoisotopic (exact) mass is 914 g/mol. The van der Waals surface area contributed by atoms with Gasteiger partial charge >= 0.3 is 0 Å². The molecule has 0 radical (unpaired) electrons. The highest BCUT2D eigenvalue weighted by atomic mass is 32.1. The van der Waals surface area contributed by atoms with E-state index in [2.05, 4.69) is 240 Å². The summed E-state index contributed by atoms with van der Waals surface area (Å²) in [4.78, 5) is 2.48. The Balaban J connectivity index is 0.862. The molecule has 3 nitrogen and oxygen atoms in total. The van der Waals surface area contributed by atoms with Gasteiger partial charge in [0.25, 0.3) is 0 Å². The predicted molar refractivity (Wildman–Crippen MR) is 295 cm³/mol. The molecule has 10 aromatic carbocycles. The van der Waals surface area contributed by atoms with Crippen molar-refractivity contribution >= 4 is 108 Å². The molecule has 0 bridgehead atoms. The van der Waals surface area contributed by atoms with Crippen LogP contribution in [0.2, 0.25) is 0 Å². The highest BCUT2D eigenvalue weighted by Crippen LogP contribution is 2.50. The number of rotatable bonds is 6. The molecular formula is C64H38N2OS2. The van der Waals surface area contributed by atoms with Crippen LogP contribution in [0.1, 0.15) is 0 Å². The molecule has 0 unspecified atom stereocenters. The molecule has 322 valence electrons. The number of furan rings is 1. The molecule has 0 amide bonds. The van der Waals surface area contributed by atoms with Gasteiger partial charge in [0, 0.05) is 84.7 Å². The van der Waals surface area contributed by atoms with E-state index in [1.165, 1.54) is 95.8 Å². The average molecular weight is 915 g/mol. The molecule has 69 heavy (non-hydrogen) atoms. The van der Waals surface area contributed by atoms with Gasteiger partial charge in [-0.1, -0.05) is 133 Å². The highest BCUT2D eigenvalue weighted by molar-refractivity contribution is 7.23. The van der Waals surface area contributed by atoms with Crippen molar-refractivity contribution in [3.8, 4) is 54.5 Å². The summed E-state index contributed by atoms with van der Waals surface area (Å²) in [5.41, 5.74) is 16.2. The van der Waals surface area contributed by atoms with E-state index >= 15 is 0 Å². The minimum absolute atomic E-state index is 0.890. The number of aromatic nitrogens is 2. The van der Waals surface area contributed by atoms with Crippen molar-refractivity contribution in [2.24, 2.45) is 0 Å². The van der Waals surface area contributed by atoms with E-state index in [0.29, 0.717) is 0 Å². The van der Waals surface area contributed by atoms with Crippen LogP contribution in [-0.2, 0) is 0 Å². The smallest absolute Gasteiger partial charge is 0.136 e. The van der Waals surface area contributed by atoms with Crippen molar-refractivity contribution in [1.82, 2.24) is 9.13 Å². The first-order chi connectivity index (χ1) is 34.2. The van der Waals surface area contributed by atoms with Gasteiger partial charge < -0.3 is 13.6 Å². The predicted octanol–water partition coefficient (Wildman–Crippen LogP) is 18.9. The average Bonchev–Trinajstić information content (AvgIpc) is 4.23. The summed E-state index contributed by atoms with van der Waals surface area (Å²) < 4.78 is 14.2. The van der Waals surface area contributed by atoms with Crippen LogP contribution in [0.25, 0.3) is 140 Å². The van der Waals surface area contributed by atoms with Gasteiger partial charge in [-0.2, -0.15) is 0 Å². The minimum Gasteiger partial charge on any atom is -0.456 e. The number of thiophene rings is 2. The molecule has 0 N–H and O–H groups in total. The second kappa shape index (κ2) is 15.0. The fraction of sp³-hybridized carbons (Fsp3) is 0. The Morgan fingerprint density at radius 3 is 1.12 bits per heavy atom. The van der Waals surface area contributed by atoms with Crippen molar-refractivity contribution < 1.29 is 4.42 Å². The lowest BCUT2D eigenvalue weighted by molar-refractivity contribution is 0.669. The standard InChI is InChI=1S/C64H38N2OS2/c1-3-15-43(16-4-1)65-53-23-11-7-19-45(53)51-35-39(29-33-55(51)65)61-49-21-9-13-25-59(49)68-63(61)41-27-31-47-48-32-28-42(38-58(48)67-57(47)37-41)64-62(50-22-10-14-26-60(50)69-64)40-30-34-56-52(36-40)46-20-8-12-24-54(46)66(56)44-17-5-2-6-18-44/h1-38H. The third-order valence-electron chi connectivity index (χ3n) is 14.1. The van der Waals surface area contributed by atoms with Crippen LogP contribution in [0, 0.1) is 0 Å². The summed E-state index contributed by atoms with van der Waals surface area (Å²) in [6.45, 7) is 0. The van der Waals surface area contributed by atoms with Crippen LogP contribution in [0.3, 0.4) is 0 Å². The van der Waals surface area contributed by atoms with Crippen LogP contribution < -0.4 is 0 Å². The topological polar surface area (TPSA) is 23.0 Å². The van der Waals surface area contributed by atoms with E-state index in [-0.39, 0.29) is 0 Å². The molecule has 0 saturated carbocycles. The van der Waals surface area contributed by atoms with Gasteiger partial charge in [0.2, 0.25) is 0 Å². The minimum atomic E-state index is 0.890. The Morgan fingerprint density at radius 2 is 0.652 bits per heavy atom. The molecule has 5 heterocycles. The van der Waals surface area contributed by atoms with Gasteiger partial charge in [-0.3, -0.25) is 0 Å². The lowest BCUT2D eigenvalue weighted by Crippen LogP contribution is -1.92. The highest BCUT2D eigenvalue weighted by Gasteiger charge is 2.22. The summed E-state index contributed by atoms with van der Waals surface area (Å²) in [5.74, 6) is 0. The molecule has 0 atom stereocenters. The Kier molecular flexibility index (Phi) is 8.40. The second-order valence-corrected chi connectivity index (χ2v) is 20.1.